The summed E-state index contributed by atoms with van der Waals surface area (Å²) in [7, 11) is 0. The number of pyridine rings is 1. The summed E-state index contributed by atoms with van der Waals surface area (Å²) < 4.78 is 0.950. The molecule has 0 saturated heterocycles. The largest absolute Gasteiger partial charge is 0.389 e. The van der Waals surface area contributed by atoms with Gasteiger partial charge in [-0.15, -0.1) is 0 Å². The predicted molar refractivity (Wildman–Crippen MR) is 62.4 cm³/mol. The third-order valence-corrected chi connectivity index (χ3v) is 3.35. The van der Waals surface area contributed by atoms with E-state index < -0.39 is 5.60 Å². The molecule has 1 aliphatic rings. The summed E-state index contributed by atoms with van der Waals surface area (Å²) in [5.41, 5.74) is 6.24. The van der Waals surface area contributed by atoms with E-state index >= 15 is 0 Å². The Morgan fingerprint density at radius 3 is 3.00 bits per heavy atom. The van der Waals surface area contributed by atoms with Crippen molar-refractivity contribution in [3.05, 3.63) is 28.5 Å². The second-order valence-corrected chi connectivity index (χ2v) is 5.33. The highest BCUT2D eigenvalue weighted by Crippen LogP contribution is 2.32. The van der Waals surface area contributed by atoms with Gasteiger partial charge in [-0.05, 0) is 46.8 Å². The van der Waals surface area contributed by atoms with Gasteiger partial charge in [0.1, 0.15) is 0 Å². The highest BCUT2D eigenvalue weighted by molar-refractivity contribution is 9.10. The second-order valence-electron chi connectivity index (χ2n) is 4.42. The maximum atomic E-state index is 10.3. The summed E-state index contributed by atoms with van der Waals surface area (Å²) in [6.45, 7) is 0. The molecule has 2 unspecified atom stereocenters. The number of rotatable bonds is 2. The molecular weight excluding hydrogens is 256 g/mol. The summed E-state index contributed by atoms with van der Waals surface area (Å²) in [6, 6.07) is 2.14. The van der Waals surface area contributed by atoms with E-state index in [0.29, 0.717) is 12.8 Å². The topological polar surface area (TPSA) is 59.1 Å². The van der Waals surface area contributed by atoms with Crippen LogP contribution in [0.4, 0.5) is 0 Å². The molecule has 1 aromatic rings. The van der Waals surface area contributed by atoms with Crippen LogP contribution in [0, 0.1) is 0 Å². The molecule has 1 aromatic heterocycles. The van der Waals surface area contributed by atoms with Crippen LogP contribution in [0.3, 0.4) is 0 Å². The minimum Gasteiger partial charge on any atom is -0.389 e. The molecule has 0 spiro atoms. The van der Waals surface area contributed by atoms with Gasteiger partial charge in [-0.25, -0.2) is 0 Å². The van der Waals surface area contributed by atoms with Gasteiger partial charge in [0.05, 0.1) is 5.60 Å². The standard InChI is InChI=1S/C11H15BrN2O/c12-9-3-8(6-14-7-9)4-11(15)2-1-10(13)5-11/h3,6-7,10,15H,1-2,4-5,13H2. The van der Waals surface area contributed by atoms with E-state index in [1.165, 1.54) is 0 Å². The molecule has 82 valence electrons. The molecule has 3 N–H and O–H groups in total. The molecule has 0 aliphatic heterocycles. The molecule has 0 aromatic carbocycles. The summed E-state index contributed by atoms with van der Waals surface area (Å²) in [5.74, 6) is 0. The van der Waals surface area contributed by atoms with Crippen molar-refractivity contribution < 1.29 is 5.11 Å². The first kappa shape index (κ1) is 11.0. The molecule has 0 radical (unpaired) electrons. The highest BCUT2D eigenvalue weighted by atomic mass is 79.9. The first-order valence-corrected chi connectivity index (χ1v) is 5.94. The third-order valence-electron chi connectivity index (χ3n) is 2.92. The van der Waals surface area contributed by atoms with Gasteiger partial charge >= 0.3 is 0 Å². The molecule has 0 bridgehead atoms. The van der Waals surface area contributed by atoms with Crippen molar-refractivity contribution in [1.29, 1.82) is 0 Å². The first-order chi connectivity index (χ1) is 7.07. The first-order valence-electron chi connectivity index (χ1n) is 5.15. The Hall–Kier alpha value is -0.450. The van der Waals surface area contributed by atoms with Gasteiger partial charge in [0.2, 0.25) is 0 Å². The lowest BCUT2D eigenvalue weighted by atomic mass is 9.94. The summed E-state index contributed by atoms with van der Waals surface area (Å²) in [5, 5.41) is 10.3. The van der Waals surface area contributed by atoms with Crippen LogP contribution in [-0.4, -0.2) is 21.7 Å². The van der Waals surface area contributed by atoms with E-state index in [4.69, 9.17) is 5.73 Å². The molecule has 1 saturated carbocycles. The highest BCUT2D eigenvalue weighted by Gasteiger charge is 2.35. The molecule has 1 heterocycles. The van der Waals surface area contributed by atoms with Crippen molar-refractivity contribution >= 4 is 15.9 Å². The molecule has 3 nitrogen and oxygen atoms in total. The number of aromatic nitrogens is 1. The SMILES string of the molecule is NC1CCC(O)(Cc2cncc(Br)c2)C1. The third kappa shape index (κ3) is 2.77. The summed E-state index contributed by atoms with van der Waals surface area (Å²) in [6.07, 6.45) is 6.59. The van der Waals surface area contributed by atoms with E-state index in [-0.39, 0.29) is 6.04 Å². The fourth-order valence-corrected chi connectivity index (χ4v) is 2.65. The zero-order valence-electron chi connectivity index (χ0n) is 8.49. The van der Waals surface area contributed by atoms with Crippen molar-refractivity contribution in [3.63, 3.8) is 0 Å². The predicted octanol–water partition coefficient (Wildman–Crippen LogP) is 1.63. The van der Waals surface area contributed by atoms with Gasteiger partial charge < -0.3 is 10.8 Å². The summed E-state index contributed by atoms with van der Waals surface area (Å²) >= 11 is 3.37. The van der Waals surface area contributed by atoms with Crippen molar-refractivity contribution in [2.24, 2.45) is 5.73 Å². The van der Waals surface area contributed by atoms with E-state index in [9.17, 15) is 5.11 Å². The van der Waals surface area contributed by atoms with Crippen LogP contribution in [0.1, 0.15) is 24.8 Å². The minimum absolute atomic E-state index is 0.148. The Morgan fingerprint density at radius 1 is 1.60 bits per heavy atom. The van der Waals surface area contributed by atoms with Gasteiger partial charge in [0.15, 0.2) is 0 Å². The van der Waals surface area contributed by atoms with Crippen LogP contribution in [-0.2, 0) is 6.42 Å². The lowest BCUT2D eigenvalue weighted by Crippen LogP contribution is -2.30. The average molecular weight is 271 g/mol. The molecule has 2 rings (SSSR count). The molecule has 15 heavy (non-hydrogen) atoms. The Balaban J connectivity index is 2.08. The van der Waals surface area contributed by atoms with Gasteiger partial charge in [-0.1, -0.05) is 0 Å². The van der Waals surface area contributed by atoms with Crippen LogP contribution < -0.4 is 5.73 Å². The Kier molecular flexibility index (Phi) is 3.09. The fourth-order valence-electron chi connectivity index (χ4n) is 2.24. The fraction of sp³-hybridized carbons (Fsp3) is 0.545. The Bertz CT molecular complexity index is 358. The molecular formula is C11H15BrN2O. The average Bonchev–Trinajstić information content (AvgIpc) is 2.45. The normalized spacial score (nSPS) is 30.7. The van der Waals surface area contributed by atoms with Crippen molar-refractivity contribution in [1.82, 2.24) is 4.98 Å². The summed E-state index contributed by atoms with van der Waals surface area (Å²) in [4.78, 5) is 4.09. The number of nitrogens with zero attached hydrogens (tertiary/aromatic N) is 1. The monoisotopic (exact) mass is 270 g/mol. The smallest absolute Gasteiger partial charge is 0.0703 e. The van der Waals surface area contributed by atoms with Gasteiger partial charge in [0, 0.05) is 29.3 Å². The zero-order chi connectivity index (χ0) is 10.9. The number of halogens is 1. The lowest BCUT2D eigenvalue weighted by molar-refractivity contribution is 0.0468. The van der Waals surface area contributed by atoms with Crippen LogP contribution in [0.2, 0.25) is 0 Å². The Labute approximate surface area is 97.8 Å². The molecule has 2 atom stereocenters. The van der Waals surface area contributed by atoms with E-state index in [2.05, 4.69) is 20.9 Å². The number of hydrogen-bond acceptors (Lipinski definition) is 3. The number of nitrogens with two attached hydrogens (primary N) is 1. The lowest BCUT2D eigenvalue weighted by Gasteiger charge is -2.22. The quantitative estimate of drug-likeness (QED) is 0.859. The van der Waals surface area contributed by atoms with Crippen LogP contribution in [0.5, 0.6) is 0 Å². The van der Waals surface area contributed by atoms with Crippen LogP contribution in [0.25, 0.3) is 0 Å². The number of aliphatic hydroxyl groups is 1. The number of hydrogen-bond donors (Lipinski definition) is 2. The molecule has 1 aliphatic carbocycles. The second kappa shape index (κ2) is 4.20. The maximum absolute atomic E-state index is 10.3. The van der Waals surface area contributed by atoms with E-state index in [0.717, 1.165) is 22.9 Å². The van der Waals surface area contributed by atoms with Crippen LogP contribution >= 0.6 is 15.9 Å². The Morgan fingerprint density at radius 2 is 2.40 bits per heavy atom. The minimum atomic E-state index is -0.623. The molecule has 4 heteroatoms. The van der Waals surface area contributed by atoms with Gasteiger partial charge in [0.25, 0.3) is 0 Å². The van der Waals surface area contributed by atoms with E-state index in [1.807, 2.05) is 6.07 Å². The van der Waals surface area contributed by atoms with Crippen molar-refractivity contribution in [3.8, 4) is 0 Å². The van der Waals surface area contributed by atoms with Gasteiger partial charge in [-0.3, -0.25) is 4.98 Å². The van der Waals surface area contributed by atoms with Crippen LogP contribution in [0.15, 0.2) is 22.9 Å². The zero-order valence-corrected chi connectivity index (χ0v) is 10.1. The maximum Gasteiger partial charge on any atom is 0.0703 e. The van der Waals surface area contributed by atoms with Crippen molar-refractivity contribution in [2.75, 3.05) is 0 Å². The van der Waals surface area contributed by atoms with Gasteiger partial charge in [-0.2, -0.15) is 0 Å². The van der Waals surface area contributed by atoms with E-state index in [1.54, 1.807) is 12.4 Å². The molecule has 1 fully saturated rings. The van der Waals surface area contributed by atoms with Crippen molar-refractivity contribution in [2.45, 2.75) is 37.3 Å². The molecule has 0 amide bonds.